The molecule has 4 nitrogen and oxygen atoms in total. The highest BCUT2D eigenvalue weighted by Crippen LogP contribution is 2.14. The molecule has 0 atom stereocenters. The van der Waals surface area contributed by atoms with Crippen molar-refractivity contribution >= 4 is 11.8 Å². The number of benzene rings is 1. The Bertz CT molecular complexity index is 509. The van der Waals surface area contributed by atoms with E-state index in [0.29, 0.717) is 6.54 Å². The first kappa shape index (κ1) is 13.6. The van der Waals surface area contributed by atoms with Gasteiger partial charge in [0.25, 0.3) is 0 Å². The maximum atomic E-state index is 12.2. The lowest BCUT2D eigenvalue weighted by atomic mass is 10.00. The van der Waals surface area contributed by atoms with Crippen LogP contribution >= 0.6 is 0 Å². The molecule has 1 heterocycles. The summed E-state index contributed by atoms with van der Waals surface area (Å²) >= 11 is 0. The van der Waals surface area contributed by atoms with Gasteiger partial charge in [-0.15, -0.1) is 0 Å². The van der Waals surface area contributed by atoms with E-state index in [1.165, 1.54) is 11.1 Å². The van der Waals surface area contributed by atoms with Crippen molar-refractivity contribution in [3.8, 4) is 0 Å². The first-order valence-electron chi connectivity index (χ1n) is 6.54. The number of rotatable bonds is 3. The van der Waals surface area contributed by atoms with E-state index in [4.69, 9.17) is 0 Å². The lowest BCUT2D eigenvalue weighted by molar-refractivity contribution is -0.148. The van der Waals surface area contributed by atoms with E-state index < -0.39 is 5.54 Å². The Labute approximate surface area is 113 Å². The van der Waals surface area contributed by atoms with Gasteiger partial charge in [-0.05, 0) is 32.8 Å². The van der Waals surface area contributed by atoms with Crippen LogP contribution < -0.4 is 5.32 Å². The number of nitrogens with one attached hydrogen (secondary N) is 1. The molecule has 1 saturated heterocycles. The van der Waals surface area contributed by atoms with E-state index in [-0.39, 0.29) is 18.4 Å². The molecule has 1 N–H and O–H groups in total. The molecule has 0 aromatic heterocycles. The number of piperazine rings is 1. The third-order valence-electron chi connectivity index (χ3n) is 3.36. The van der Waals surface area contributed by atoms with Crippen LogP contribution in [0.1, 0.15) is 25.0 Å². The van der Waals surface area contributed by atoms with Crippen LogP contribution in [0.15, 0.2) is 24.3 Å². The average molecular weight is 260 g/mol. The monoisotopic (exact) mass is 260 g/mol. The summed E-state index contributed by atoms with van der Waals surface area (Å²) in [5.41, 5.74) is 1.61. The quantitative estimate of drug-likeness (QED) is 0.890. The fourth-order valence-electron chi connectivity index (χ4n) is 2.39. The van der Waals surface area contributed by atoms with Crippen molar-refractivity contribution < 1.29 is 9.59 Å². The maximum absolute atomic E-state index is 12.2. The molecule has 102 valence electrons. The normalized spacial score (nSPS) is 18.4. The summed E-state index contributed by atoms with van der Waals surface area (Å²) in [5, 5.41) is 2.71. The molecule has 4 heteroatoms. The molecular formula is C15H20N2O2. The Morgan fingerprint density at radius 3 is 2.74 bits per heavy atom. The molecule has 1 fully saturated rings. The minimum Gasteiger partial charge on any atom is -0.341 e. The third-order valence-corrected chi connectivity index (χ3v) is 3.36. The molecular weight excluding hydrogens is 240 g/mol. The molecule has 19 heavy (non-hydrogen) atoms. The fraction of sp³-hybridized carbons (Fsp3) is 0.467. The van der Waals surface area contributed by atoms with E-state index in [1.54, 1.807) is 18.7 Å². The molecule has 1 aliphatic heterocycles. The predicted molar refractivity (Wildman–Crippen MR) is 73.7 cm³/mol. The van der Waals surface area contributed by atoms with Crippen LogP contribution in [0.4, 0.5) is 0 Å². The molecule has 0 radical (unpaired) electrons. The van der Waals surface area contributed by atoms with Crippen LogP contribution in [-0.2, 0) is 16.0 Å². The molecule has 2 amide bonds. The van der Waals surface area contributed by atoms with Crippen molar-refractivity contribution in [2.45, 2.75) is 32.7 Å². The number of hydrogen-bond donors (Lipinski definition) is 1. The molecule has 1 aromatic rings. The van der Waals surface area contributed by atoms with E-state index in [2.05, 4.69) is 11.4 Å². The summed E-state index contributed by atoms with van der Waals surface area (Å²) in [4.78, 5) is 25.4. The van der Waals surface area contributed by atoms with E-state index in [0.717, 1.165) is 6.42 Å². The average Bonchev–Trinajstić information content (AvgIpc) is 2.31. The van der Waals surface area contributed by atoms with Crippen LogP contribution in [-0.4, -0.2) is 35.3 Å². The highest BCUT2D eigenvalue weighted by Gasteiger charge is 2.38. The van der Waals surface area contributed by atoms with Gasteiger partial charge in [0.05, 0.1) is 6.54 Å². The third kappa shape index (κ3) is 3.13. The molecule has 1 aromatic carbocycles. The number of hydrogen-bond acceptors (Lipinski definition) is 2. The second-order valence-electron chi connectivity index (χ2n) is 5.64. The van der Waals surface area contributed by atoms with Crippen molar-refractivity contribution in [2.24, 2.45) is 0 Å². The Morgan fingerprint density at radius 2 is 2.05 bits per heavy atom. The lowest BCUT2D eigenvalue weighted by Gasteiger charge is -2.37. The zero-order valence-corrected chi connectivity index (χ0v) is 11.7. The minimum atomic E-state index is -0.790. The van der Waals surface area contributed by atoms with Crippen LogP contribution in [0.2, 0.25) is 0 Å². The van der Waals surface area contributed by atoms with Crippen molar-refractivity contribution in [1.82, 2.24) is 10.2 Å². The summed E-state index contributed by atoms with van der Waals surface area (Å²) < 4.78 is 0. The van der Waals surface area contributed by atoms with E-state index in [9.17, 15) is 9.59 Å². The van der Waals surface area contributed by atoms with Crippen molar-refractivity contribution in [1.29, 1.82) is 0 Å². The van der Waals surface area contributed by atoms with Gasteiger partial charge in [-0.1, -0.05) is 29.8 Å². The van der Waals surface area contributed by atoms with Gasteiger partial charge in [-0.25, -0.2) is 0 Å². The highest BCUT2D eigenvalue weighted by molar-refractivity contribution is 5.97. The van der Waals surface area contributed by atoms with Crippen molar-refractivity contribution in [3.05, 3.63) is 35.4 Å². The topological polar surface area (TPSA) is 49.4 Å². The van der Waals surface area contributed by atoms with E-state index >= 15 is 0 Å². The SMILES string of the molecule is Cc1cccc(CCN2CC(=O)NC(C)(C)C2=O)c1. The standard InChI is InChI=1S/C15H20N2O2/c1-11-5-4-6-12(9-11)7-8-17-10-13(18)16-15(2,3)14(17)19/h4-6,9H,7-8,10H2,1-3H3,(H,16,18). The number of aryl methyl sites for hydroxylation is 1. The van der Waals surface area contributed by atoms with Crippen LogP contribution in [0.3, 0.4) is 0 Å². The highest BCUT2D eigenvalue weighted by atomic mass is 16.2. The Kier molecular flexibility index (Phi) is 3.60. The smallest absolute Gasteiger partial charge is 0.248 e. The summed E-state index contributed by atoms with van der Waals surface area (Å²) in [6, 6.07) is 8.22. The Hall–Kier alpha value is -1.84. The molecule has 0 saturated carbocycles. The van der Waals surface area contributed by atoms with Gasteiger partial charge in [-0.3, -0.25) is 9.59 Å². The first-order valence-corrected chi connectivity index (χ1v) is 6.54. The van der Waals surface area contributed by atoms with Crippen molar-refractivity contribution in [2.75, 3.05) is 13.1 Å². The van der Waals surface area contributed by atoms with Crippen LogP contribution in [0.25, 0.3) is 0 Å². The summed E-state index contributed by atoms with van der Waals surface area (Å²) in [5.74, 6) is -0.103. The predicted octanol–water partition coefficient (Wildman–Crippen LogP) is 1.27. The molecule has 0 bridgehead atoms. The number of amides is 2. The zero-order valence-electron chi connectivity index (χ0n) is 11.7. The van der Waals surface area contributed by atoms with Gasteiger partial charge >= 0.3 is 0 Å². The van der Waals surface area contributed by atoms with Gasteiger partial charge in [0.1, 0.15) is 5.54 Å². The molecule has 2 rings (SSSR count). The summed E-state index contributed by atoms with van der Waals surface area (Å²) in [7, 11) is 0. The van der Waals surface area contributed by atoms with Gasteiger partial charge in [0.2, 0.25) is 11.8 Å². The molecule has 1 aliphatic rings. The Morgan fingerprint density at radius 1 is 1.32 bits per heavy atom. The second-order valence-corrected chi connectivity index (χ2v) is 5.64. The summed E-state index contributed by atoms with van der Waals surface area (Å²) in [6.07, 6.45) is 0.775. The lowest BCUT2D eigenvalue weighted by Crippen LogP contribution is -2.64. The second kappa shape index (κ2) is 5.03. The maximum Gasteiger partial charge on any atom is 0.248 e. The van der Waals surface area contributed by atoms with Gasteiger partial charge in [0.15, 0.2) is 0 Å². The van der Waals surface area contributed by atoms with Crippen LogP contribution in [0.5, 0.6) is 0 Å². The van der Waals surface area contributed by atoms with E-state index in [1.807, 2.05) is 25.1 Å². The molecule has 0 aliphatic carbocycles. The number of nitrogens with zero attached hydrogens (tertiary/aromatic N) is 1. The number of carbonyl (C=O) groups is 2. The molecule has 0 spiro atoms. The largest absolute Gasteiger partial charge is 0.341 e. The van der Waals surface area contributed by atoms with Crippen molar-refractivity contribution in [3.63, 3.8) is 0 Å². The number of carbonyl (C=O) groups excluding carboxylic acids is 2. The Balaban J connectivity index is 2.02. The van der Waals surface area contributed by atoms with Gasteiger partial charge in [0, 0.05) is 6.54 Å². The van der Waals surface area contributed by atoms with Gasteiger partial charge < -0.3 is 10.2 Å². The minimum absolute atomic E-state index is 0.0141. The first-order chi connectivity index (χ1) is 8.88. The van der Waals surface area contributed by atoms with Crippen LogP contribution in [0, 0.1) is 6.92 Å². The fourth-order valence-corrected chi connectivity index (χ4v) is 2.39. The molecule has 0 unspecified atom stereocenters. The zero-order chi connectivity index (χ0) is 14.0. The summed E-state index contributed by atoms with van der Waals surface area (Å²) in [6.45, 7) is 6.28. The van der Waals surface area contributed by atoms with Gasteiger partial charge in [-0.2, -0.15) is 0 Å².